The molecule has 74 valence electrons. The van der Waals surface area contributed by atoms with E-state index in [9.17, 15) is 4.79 Å². The number of carbonyl (C=O) groups excluding carboxylic acids is 1. The van der Waals surface area contributed by atoms with E-state index in [-0.39, 0.29) is 5.91 Å². The van der Waals surface area contributed by atoms with Gasteiger partial charge in [-0.1, -0.05) is 24.3 Å². The van der Waals surface area contributed by atoms with E-state index in [1.54, 1.807) is 6.08 Å². The van der Waals surface area contributed by atoms with Gasteiger partial charge in [0.1, 0.15) is 0 Å². The van der Waals surface area contributed by atoms with Gasteiger partial charge in [0.2, 0.25) is 0 Å². The predicted octanol–water partition coefficient (Wildman–Crippen LogP) is 2.16. The van der Waals surface area contributed by atoms with E-state index >= 15 is 0 Å². The monoisotopic (exact) mass is 189 g/mol. The van der Waals surface area contributed by atoms with Gasteiger partial charge in [-0.15, -0.1) is 6.58 Å². The van der Waals surface area contributed by atoms with Crippen molar-refractivity contribution < 1.29 is 4.79 Å². The molecule has 1 amide bonds. The topological polar surface area (TPSA) is 29.1 Å². The van der Waals surface area contributed by atoms with Gasteiger partial charge in [0.25, 0.3) is 5.91 Å². The van der Waals surface area contributed by atoms with Gasteiger partial charge in [-0.3, -0.25) is 4.79 Å². The summed E-state index contributed by atoms with van der Waals surface area (Å²) in [7, 11) is 0. The van der Waals surface area contributed by atoms with Gasteiger partial charge in [-0.05, 0) is 25.0 Å². The van der Waals surface area contributed by atoms with Crippen LogP contribution < -0.4 is 5.32 Å². The number of hydrogen-bond donors (Lipinski definition) is 1. The summed E-state index contributed by atoms with van der Waals surface area (Å²) in [5.74, 6) is -0.00931. The minimum absolute atomic E-state index is 0.00931. The number of allylic oxidation sites excluding steroid dienone is 1. The molecule has 0 aromatic heterocycles. The fraction of sp³-hybridized carbons (Fsp3) is 0.250. The maximum absolute atomic E-state index is 11.6. The van der Waals surface area contributed by atoms with Crippen LogP contribution >= 0.6 is 0 Å². The summed E-state index contributed by atoms with van der Waals surface area (Å²) in [6.45, 7) is 6.24. The van der Waals surface area contributed by atoms with Crippen LogP contribution in [0.2, 0.25) is 0 Å². The third-order valence-electron chi connectivity index (χ3n) is 1.96. The average molecular weight is 189 g/mol. The number of benzene rings is 1. The number of rotatable bonds is 4. The highest BCUT2D eigenvalue weighted by Gasteiger charge is 2.07. The van der Waals surface area contributed by atoms with Gasteiger partial charge < -0.3 is 5.32 Å². The molecule has 0 saturated heterocycles. The third kappa shape index (κ3) is 2.46. The summed E-state index contributed by atoms with van der Waals surface area (Å²) in [6.07, 6.45) is 2.53. The third-order valence-corrected chi connectivity index (χ3v) is 1.96. The second kappa shape index (κ2) is 5.22. The molecule has 2 nitrogen and oxygen atoms in total. The van der Waals surface area contributed by atoms with Crippen molar-refractivity contribution in [3.05, 3.63) is 48.0 Å². The van der Waals surface area contributed by atoms with Crippen LogP contribution in [0, 0.1) is 0 Å². The van der Waals surface area contributed by atoms with Crippen molar-refractivity contribution in [3.8, 4) is 0 Å². The molecular weight excluding hydrogens is 174 g/mol. The van der Waals surface area contributed by atoms with Crippen LogP contribution in [-0.2, 0) is 6.42 Å². The Morgan fingerprint density at radius 1 is 1.50 bits per heavy atom. The molecular formula is C12H15NO. The van der Waals surface area contributed by atoms with Crippen LogP contribution in [0.25, 0.3) is 0 Å². The summed E-state index contributed by atoms with van der Waals surface area (Å²) in [6, 6.07) is 7.59. The van der Waals surface area contributed by atoms with Crippen molar-refractivity contribution in [2.45, 2.75) is 13.3 Å². The molecule has 0 heterocycles. The van der Waals surface area contributed by atoms with Gasteiger partial charge in [-0.25, -0.2) is 0 Å². The summed E-state index contributed by atoms with van der Waals surface area (Å²) in [5.41, 5.74) is 1.77. The molecule has 1 N–H and O–H groups in total. The van der Waals surface area contributed by atoms with Crippen molar-refractivity contribution in [2.75, 3.05) is 6.54 Å². The van der Waals surface area contributed by atoms with Crippen molar-refractivity contribution in [2.24, 2.45) is 0 Å². The minimum atomic E-state index is -0.00931. The molecule has 0 unspecified atom stereocenters. The first-order chi connectivity index (χ1) is 6.79. The number of amides is 1. The standard InChI is InChI=1S/C12H15NO/c1-3-7-10-8-5-6-9-11(10)12(14)13-4-2/h3,5-6,8-9H,1,4,7H2,2H3,(H,13,14). The second-order valence-electron chi connectivity index (χ2n) is 3.01. The van der Waals surface area contributed by atoms with E-state index in [2.05, 4.69) is 11.9 Å². The highest BCUT2D eigenvalue weighted by molar-refractivity contribution is 5.95. The molecule has 1 aromatic carbocycles. The van der Waals surface area contributed by atoms with Gasteiger partial charge >= 0.3 is 0 Å². The molecule has 0 aliphatic carbocycles. The molecule has 1 aromatic rings. The zero-order valence-electron chi connectivity index (χ0n) is 8.42. The van der Waals surface area contributed by atoms with Crippen LogP contribution in [0.4, 0.5) is 0 Å². The predicted molar refractivity (Wildman–Crippen MR) is 58.4 cm³/mol. The van der Waals surface area contributed by atoms with Crippen LogP contribution in [0.3, 0.4) is 0 Å². The molecule has 0 saturated carbocycles. The van der Waals surface area contributed by atoms with Crippen molar-refractivity contribution in [3.63, 3.8) is 0 Å². The molecule has 0 radical (unpaired) electrons. The lowest BCUT2D eigenvalue weighted by Crippen LogP contribution is -2.23. The fourth-order valence-corrected chi connectivity index (χ4v) is 1.33. The van der Waals surface area contributed by atoms with E-state index in [4.69, 9.17) is 0 Å². The zero-order chi connectivity index (χ0) is 10.4. The average Bonchev–Trinajstić information content (AvgIpc) is 2.19. The lowest BCUT2D eigenvalue weighted by Gasteiger charge is -2.06. The molecule has 0 atom stereocenters. The quantitative estimate of drug-likeness (QED) is 0.722. The van der Waals surface area contributed by atoms with E-state index < -0.39 is 0 Å². The van der Waals surface area contributed by atoms with E-state index in [1.165, 1.54) is 0 Å². The normalized spacial score (nSPS) is 9.50. The smallest absolute Gasteiger partial charge is 0.251 e. The van der Waals surface area contributed by atoms with Gasteiger partial charge in [-0.2, -0.15) is 0 Å². The van der Waals surface area contributed by atoms with E-state index in [0.717, 1.165) is 17.5 Å². The Labute approximate surface area is 84.6 Å². The van der Waals surface area contributed by atoms with Crippen LogP contribution in [0.5, 0.6) is 0 Å². The Morgan fingerprint density at radius 2 is 2.21 bits per heavy atom. The van der Waals surface area contributed by atoms with Crippen molar-refractivity contribution >= 4 is 5.91 Å². The van der Waals surface area contributed by atoms with E-state index in [0.29, 0.717) is 6.54 Å². The Kier molecular flexibility index (Phi) is 3.92. The van der Waals surface area contributed by atoms with Crippen molar-refractivity contribution in [1.29, 1.82) is 0 Å². The number of carbonyl (C=O) groups is 1. The lowest BCUT2D eigenvalue weighted by atomic mass is 10.0. The van der Waals surface area contributed by atoms with Gasteiger partial charge in [0.15, 0.2) is 0 Å². The molecule has 0 spiro atoms. The maximum atomic E-state index is 11.6. The van der Waals surface area contributed by atoms with Gasteiger partial charge in [0, 0.05) is 12.1 Å². The highest BCUT2D eigenvalue weighted by atomic mass is 16.1. The Bertz CT molecular complexity index is 331. The van der Waals surface area contributed by atoms with Crippen LogP contribution in [0.1, 0.15) is 22.8 Å². The summed E-state index contributed by atoms with van der Waals surface area (Å²) in [5, 5.41) is 2.79. The van der Waals surface area contributed by atoms with Gasteiger partial charge in [0.05, 0.1) is 0 Å². The fourth-order valence-electron chi connectivity index (χ4n) is 1.33. The first kappa shape index (κ1) is 10.5. The summed E-state index contributed by atoms with van der Waals surface area (Å²) in [4.78, 5) is 11.6. The Morgan fingerprint density at radius 3 is 2.86 bits per heavy atom. The van der Waals surface area contributed by atoms with E-state index in [1.807, 2.05) is 31.2 Å². The summed E-state index contributed by atoms with van der Waals surface area (Å²) < 4.78 is 0. The molecule has 14 heavy (non-hydrogen) atoms. The molecule has 2 heteroatoms. The van der Waals surface area contributed by atoms with Crippen molar-refractivity contribution in [1.82, 2.24) is 5.32 Å². The highest BCUT2D eigenvalue weighted by Crippen LogP contribution is 2.09. The molecule has 1 rings (SSSR count). The molecule has 0 aliphatic rings. The summed E-state index contributed by atoms with van der Waals surface area (Å²) >= 11 is 0. The number of nitrogens with one attached hydrogen (secondary N) is 1. The second-order valence-corrected chi connectivity index (χ2v) is 3.01. The lowest BCUT2D eigenvalue weighted by molar-refractivity contribution is 0.0955. The largest absolute Gasteiger partial charge is 0.352 e. The zero-order valence-corrected chi connectivity index (χ0v) is 8.42. The minimum Gasteiger partial charge on any atom is -0.352 e. The Balaban J connectivity index is 2.93. The molecule has 0 aliphatic heterocycles. The molecule has 0 fully saturated rings. The number of hydrogen-bond acceptors (Lipinski definition) is 1. The maximum Gasteiger partial charge on any atom is 0.251 e. The Hall–Kier alpha value is -1.57. The molecule has 0 bridgehead atoms. The first-order valence-corrected chi connectivity index (χ1v) is 4.76. The van der Waals surface area contributed by atoms with Crippen LogP contribution in [0.15, 0.2) is 36.9 Å². The van der Waals surface area contributed by atoms with Crippen LogP contribution in [-0.4, -0.2) is 12.5 Å². The first-order valence-electron chi connectivity index (χ1n) is 4.76. The SMILES string of the molecule is C=CCc1ccccc1C(=O)NCC.